The first-order valence-corrected chi connectivity index (χ1v) is 12.0. The molecule has 0 rings (SSSR count). The summed E-state index contributed by atoms with van der Waals surface area (Å²) in [6.45, 7) is 4.47. The van der Waals surface area contributed by atoms with Crippen LogP contribution >= 0.6 is 11.8 Å². The summed E-state index contributed by atoms with van der Waals surface area (Å²) in [6, 6.07) is 0. The Morgan fingerprint density at radius 1 is 0.542 bits per heavy atom. The third-order valence-electron chi connectivity index (χ3n) is 4.75. The Labute approximate surface area is 157 Å². The van der Waals surface area contributed by atoms with Crippen molar-refractivity contribution in [2.24, 2.45) is 0 Å². The summed E-state index contributed by atoms with van der Waals surface area (Å²) < 4.78 is 0. The van der Waals surface area contributed by atoms with Crippen LogP contribution in [0.15, 0.2) is 0 Å². The van der Waals surface area contributed by atoms with Gasteiger partial charge in [-0.1, -0.05) is 122 Å². The first-order chi connectivity index (χ1) is 11.8. The number of unbranched alkanes of at least 4 members (excludes halogenated alkanes) is 15. The van der Waals surface area contributed by atoms with E-state index in [1.54, 1.807) is 11.8 Å². The van der Waals surface area contributed by atoms with Gasteiger partial charge in [-0.3, -0.25) is 4.79 Å². The van der Waals surface area contributed by atoms with Crippen molar-refractivity contribution in [3.63, 3.8) is 0 Å². The molecule has 0 fully saturated rings. The zero-order valence-electron chi connectivity index (χ0n) is 16.8. The molecule has 0 N–H and O–H groups in total. The Morgan fingerprint density at radius 2 is 0.917 bits per heavy atom. The van der Waals surface area contributed by atoms with Gasteiger partial charge < -0.3 is 0 Å². The minimum absolute atomic E-state index is 0.415. The summed E-state index contributed by atoms with van der Waals surface area (Å²) >= 11 is 1.55. The van der Waals surface area contributed by atoms with Gasteiger partial charge in [0, 0.05) is 12.2 Å². The monoisotopic (exact) mass is 356 g/mol. The predicted molar refractivity (Wildman–Crippen MR) is 112 cm³/mol. The lowest BCUT2D eigenvalue weighted by molar-refractivity contribution is -0.111. The fourth-order valence-electron chi connectivity index (χ4n) is 3.04. The molecule has 0 bridgehead atoms. The molecule has 0 unspecified atom stereocenters. The third-order valence-corrected chi connectivity index (χ3v) is 5.76. The van der Waals surface area contributed by atoms with E-state index in [-0.39, 0.29) is 0 Å². The minimum Gasteiger partial charge on any atom is -0.287 e. The molecule has 144 valence electrons. The molecule has 0 spiro atoms. The van der Waals surface area contributed by atoms with E-state index < -0.39 is 0 Å². The van der Waals surface area contributed by atoms with Crippen LogP contribution in [0.2, 0.25) is 0 Å². The molecular formula is C22H44OS. The van der Waals surface area contributed by atoms with Crippen LogP contribution in [-0.4, -0.2) is 10.9 Å². The van der Waals surface area contributed by atoms with Crippen molar-refractivity contribution >= 4 is 16.9 Å². The van der Waals surface area contributed by atoms with E-state index in [1.807, 2.05) is 0 Å². The van der Waals surface area contributed by atoms with Gasteiger partial charge in [-0.2, -0.15) is 0 Å². The maximum atomic E-state index is 11.6. The van der Waals surface area contributed by atoms with Crippen LogP contribution in [0.25, 0.3) is 0 Å². The number of hydrogen-bond donors (Lipinski definition) is 0. The predicted octanol–water partition coefficient (Wildman–Crippen LogP) is 8.31. The Balaban J connectivity index is 3.06. The summed E-state index contributed by atoms with van der Waals surface area (Å²) in [5, 5.41) is 0.415. The second-order valence-electron chi connectivity index (χ2n) is 7.27. The Hall–Kier alpha value is 0.0200. The molecule has 0 saturated carbocycles. The fraction of sp³-hybridized carbons (Fsp3) is 0.955. The average molecular weight is 357 g/mol. The summed E-state index contributed by atoms with van der Waals surface area (Å²) in [7, 11) is 0. The molecule has 0 atom stereocenters. The number of carbonyl (C=O) groups is 1. The highest BCUT2D eigenvalue weighted by atomic mass is 32.2. The molecule has 24 heavy (non-hydrogen) atoms. The van der Waals surface area contributed by atoms with Crippen molar-refractivity contribution in [1.29, 1.82) is 0 Å². The van der Waals surface area contributed by atoms with Gasteiger partial charge in [0.1, 0.15) is 0 Å². The highest BCUT2D eigenvalue weighted by Gasteiger charge is 2.01. The zero-order valence-corrected chi connectivity index (χ0v) is 17.6. The molecule has 0 aromatic rings. The van der Waals surface area contributed by atoms with Crippen molar-refractivity contribution in [2.45, 2.75) is 129 Å². The molecule has 0 saturated heterocycles. The zero-order chi connectivity index (χ0) is 17.7. The maximum absolute atomic E-state index is 11.6. The van der Waals surface area contributed by atoms with E-state index >= 15 is 0 Å². The van der Waals surface area contributed by atoms with E-state index in [1.165, 1.54) is 103 Å². The van der Waals surface area contributed by atoms with E-state index in [2.05, 4.69) is 13.8 Å². The lowest BCUT2D eigenvalue weighted by Crippen LogP contribution is -1.93. The van der Waals surface area contributed by atoms with Gasteiger partial charge in [0.05, 0.1) is 0 Å². The number of carbonyl (C=O) groups excluding carboxylic acids is 1. The number of thioether (sulfide) groups is 1. The van der Waals surface area contributed by atoms with Crippen LogP contribution < -0.4 is 0 Å². The van der Waals surface area contributed by atoms with Gasteiger partial charge in [-0.05, 0) is 12.8 Å². The van der Waals surface area contributed by atoms with Gasteiger partial charge in [0.25, 0.3) is 0 Å². The van der Waals surface area contributed by atoms with Gasteiger partial charge in [-0.15, -0.1) is 0 Å². The SMILES string of the molecule is CCCCCCCCCCCCCCCCCC(=O)SCCCC. The van der Waals surface area contributed by atoms with Gasteiger partial charge >= 0.3 is 0 Å². The number of rotatable bonds is 19. The van der Waals surface area contributed by atoms with Gasteiger partial charge in [0.2, 0.25) is 0 Å². The summed E-state index contributed by atoms with van der Waals surface area (Å²) in [5.74, 6) is 1.02. The van der Waals surface area contributed by atoms with Crippen LogP contribution in [0.3, 0.4) is 0 Å². The average Bonchev–Trinajstić information content (AvgIpc) is 2.58. The van der Waals surface area contributed by atoms with Crippen LogP contribution in [0.5, 0.6) is 0 Å². The van der Waals surface area contributed by atoms with Crippen molar-refractivity contribution in [1.82, 2.24) is 0 Å². The van der Waals surface area contributed by atoms with Crippen molar-refractivity contribution < 1.29 is 4.79 Å². The minimum atomic E-state index is 0.415. The van der Waals surface area contributed by atoms with Gasteiger partial charge in [-0.25, -0.2) is 0 Å². The van der Waals surface area contributed by atoms with Crippen LogP contribution in [-0.2, 0) is 4.79 Å². The van der Waals surface area contributed by atoms with E-state index in [9.17, 15) is 4.79 Å². The lowest BCUT2D eigenvalue weighted by atomic mass is 10.0. The standard InChI is InChI=1S/C22H44OS/c1-3-5-7-8-9-10-11-12-13-14-15-16-17-18-19-20-22(23)24-21-6-4-2/h3-21H2,1-2H3. The molecule has 0 aliphatic carbocycles. The summed E-state index contributed by atoms with van der Waals surface area (Å²) in [6.07, 6.45) is 23.9. The van der Waals surface area contributed by atoms with Crippen LogP contribution in [0.1, 0.15) is 129 Å². The van der Waals surface area contributed by atoms with Crippen LogP contribution in [0, 0.1) is 0 Å². The molecule has 0 radical (unpaired) electrons. The van der Waals surface area contributed by atoms with Crippen molar-refractivity contribution in [2.75, 3.05) is 5.75 Å². The Bertz CT molecular complexity index is 252. The smallest absolute Gasteiger partial charge is 0.188 e. The normalized spacial score (nSPS) is 11.1. The molecular weight excluding hydrogens is 312 g/mol. The van der Waals surface area contributed by atoms with Crippen molar-refractivity contribution in [3.8, 4) is 0 Å². The first kappa shape index (κ1) is 24.0. The highest BCUT2D eigenvalue weighted by molar-refractivity contribution is 8.13. The lowest BCUT2D eigenvalue weighted by Gasteiger charge is -2.03. The first-order valence-electron chi connectivity index (χ1n) is 11.0. The second-order valence-corrected chi connectivity index (χ2v) is 8.43. The van der Waals surface area contributed by atoms with E-state index in [0.29, 0.717) is 5.12 Å². The number of hydrogen-bond acceptors (Lipinski definition) is 2. The molecule has 0 amide bonds. The molecule has 0 heterocycles. The summed E-state index contributed by atoms with van der Waals surface area (Å²) in [5.41, 5.74) is 0. The topological polar surface area (TPSA) is 17.1 Å². The fourth-order valence-corrected chi connectivity index (χ4v) is 3.99. The second kappa shape index (κ2) is 21.1. The summed E-state index contributed by atoms with van der Waals surface area (Å²) in [4.78, 5) is 11.6. The molecule has 0 aromatic heterocycles. The Kier molecular flexibility index (Phi) is 21.1. The van der Waals surface area contributed by atoms with Crippen LogP contribution in [0.4, 0.5) is 0 Å². The Morgan fingerprint density at radius 3 is 1.33 bits per heavy atom. The largest absolute Gasteiger partial charge is 0.287 e. The van der Waals surface area contributed by atoms with E-state index in [0.717, 1.165) is 18.6 Å². The van der Waals surface area contributed by atoms with E-state index in [4.69, 9.17) is 0 Å². The maximum Gasteiger partial charge on any atom is 0.188 e. The molecule has 2 heteroatoms. The quantitative estimate of drug-likeness (QED) is 0.216. The molecule has 0 aliphatic rings. The molecule has 1 nitrogen and oxygen atoms in total. The van der Waals surface area contributed by atoms with Gasteiger partial charge in [0.15, 0.2) is 5.12 Å². The van der Waals surface area contributed by atoms with Crippen molar-refractivity contribution in [3.05, 3.63) is 0 Å². The third kappa shape index (κ3) is 20.1. The molecule has 0 aliphatic heterocycles. The highest BCUT2D eigenvalue weighted by Crippen LogP contribution is 2.15. The molecule has 0 aromatic carbocycles.